The molecular weight excluding hydrogens is 328 g/mol. The number of hydrogen-bond acceptors (Lipinski definition) is 3. The van der Waals surface area contributed by atoms with Gasteiger partial charge in [0.25, 0.3) is 5.91 Å². The van der Waals surface area contributed by atoms with E-state index in [0.29, 0.717) is 30.7 Å². The molecule has 1 amide bonds. The van der Waals surface area contributed by atoms with Gasteiger partial charge in [-0.1, -0.05) is 6.07 Å². The van der Waals surface area contributed by atoms with Gasteiger partial charge in [0.15, 0.2) is 0 Å². The predicted molar refractivity (Wildman–Crippen MR) is 89.5 cm³/mol. The molecule has 1 atom stereocenters. The minimum atomic E-state index is -0.710. The molecule has 3 rings (SSSR count). The summed E-state index contributed by atoms with van der Waals surface area (Å²) in [5, 5.41) is 9.67. The van der Waals surface area contributed by atoms with Gasteiger partial charge in [-0.05, 0) is 42.7 Å². The zero-order valence-corrected chi connectivity index (χ0v) is 13.8. The average molecular weight is 347 g/mol. The summed E-state index contributed by atoms with van der Waals surface area (Å²) in [5.41, 5.74) is 0.492. The molecular formula is C19H19F2NO3. The number of methoxy groups -OCH3 is 1. The SMILES string of the molecule is COc1ccc(-c2ccc(C(=O)N3CCCC(O)C3)c(F)c2)c(F)c1. The Kier molecular flexibility index (Phi) is 4.99. The lowest BCUT2D eigenvalue weighted by atomic mass is 10.0. The van der Waals surface area contributed by atoms with Gasteiger partial charge in [0, 0.05) is 24.7 Å². The Labute approximate surface area is 144 Å². The Morgan fingerprint density at radius 1 is 1.20 bits per heavy atom. The first-order valence-electron chi connectivity index (χ1n) is 8.10. The van der Waals surface area contributed by atoms with E-state index in [0.717, 1.165) is 6.07 Å². The van der Waals surface area contributed by atoms with Crippen molar-refractivity contribution in [2.45, 2.75) is 18.9 Å². The van der Waals surface area contributed by atoms with Crippen LogP contribution < -0.4 is 4.74 Å². The summed E-state index contributed by atoms with van der Waals surface area (Å²) < 4.78 is 33.6. The lowest BCUT2D eigenvalue weighted by Gasteiger charge is -2.30. The quantitative estimate of drug-likeness (QED) is 0.927. The first-order chi connectivity index (χ1) is 12.0. The summed E-state index contributed by atoms with van der Waals surface area (Å²) in [5.74, 6) is -1.33. The Hall–Kier alpha value is -2.47. The second kappa shape index (κ2) is 7.19. The van der Waals surface area contributed by atoms with Crippen LogP contribution in [-0.4, -0.2) is 42.2 Å². The van der Waals surface area contributed by atoms with Crippen LogP contribution in [0.25, 0.3) is 11.1 Å². The molecule has 1 fully saturated rings. The van der Waals surface area contributed by atoms with Crippen LogP contribution in [0.3, 0.4) is 0 Å². The molecule has 4 nitrogen and oxygen atoms in total. The predicted octanol–water partition coefficient (Wildman–Crippen LogP) is 3.24. The Balaban J connectivity index is 1.87. The number of β-amino-alcohol motifs (C(OH)–C–C–N with tert-alkyl or cyclic N) is 1. The second-order valence-corrected chi connectivity index (χ2v) is 6.09. The van der Waals surface area contributed by atoms with Crippen LogP contribution in [0.1, 0.15) is 23.2 Å². The van der Waals surface area contributed by atoms with Crippen molar-refractivity contribution in [3.05, 3.63) is 53.6 Å². The van der Waals surface area contributed by atoms with Crippen molar-refractivity contribution in [2.24, 2.45) is 0 Å². The molecule has 1 saturated heterocycles. The van der Waals surface area contributed by atoms with Gasteiger partial charge in [0.05, 0.1) is 18.8 Å². The van der Waals surface area contributed by atoms with Crippen LogP contribution in [0, 0.1) is 11.6 Å². The molecule has 0 saturated carbocycles. The second-order valence-electron chi connectivity index (χ2n) is 6.09. The zero-order valence-electron chi connectivity index (χ0n) is 13.8. The maximum absolute atomic E-state index is 14.5. The monoisotopic (exact) mass is 347 g/mol. The fourth-order valence-electron chi connectivity index (χ4n) is 3.02. The summed E-state index contributed by atoms with van der Waals surface area (Å²) >= 11 is 0. The Morgan fingerprint density at radius 2 is 2.00 bits per heavy atom. The van der Waals surface area contributed by atoms with Gasteiger partial charge in [0.2, 0.25) is 0 Å². The summed E-state index contributed by atoms with van der Waals surface area (Å²) in [6, 6.07) is 8.34. The first-order valence-corrected chi connectivity index (χ1v) is 8.10. The highest BCUT2D eigenvalue weighted by atomic mass is 19.1. The van der Waals surface area contributed by atoms with Crippen molar-refractivity contribution in [1.82, 2.24) is 4.90 Å². The third-order valence-corrected chi connectivity index (χ3v) is 4.37. The molecule has 6 heteroatoms. The summed E-state index contributed by atoms with van der Waals surface area (Å²) in [6.45, 7) is 0.692. The zero-order chi connectivity index (χ0) is 18.0. The van der Waals surface area contributed by atoms with Crippen LogP contribution in [-0.2, 0) is 0 Å². The number of halogens is 2. The lowest BCUT2D eigenvalue weighted by Crippen LogP contribution is -2.42. The molecule has 1 N–H and O–H groups in total. The van der Waals surface area contributed by atoms with E-state index in [1.807, 2.05) is 0 Å². The lowest BCUT2D eigenvalue weighted by molar-refractivity contribution is 0.0470. The molecule has 0 bridgehead atoms. The van der Waals surface area contributed by atoms with Crippen molar-refractivity contribution in [3.8, 4) is 16.9 Å². The number of ether oxygens (including phenoxy) is 1. The average Bonchev–Trinajstić information content (AvgIpc) is 2.61. The van der Waals surface area contributed by atoms with Crippen LogP contribution in [0.2, 0.25) is 0 Å². The molecule has 1 aliphatic heterocycles. The maximum atomic E-state index is 14.5. The number of rotatable bonds is 3. The number of nitrogens with zero attached hydrogens (tertiary/aromatic N) is 1. The van der Waals surface area contributed by atoms with Crippen molar-refractivity contribution < 1.29 is 23.4 Å². The topological polar surface area (TPSA) is 49.8 Å². The van der Waals surface area contributed by atoms with Crippen LogP contribution in [0.5, 0.6) is 5.75 Å². The Bertz CT molecular complexity index is 794. The van der Waals surface area contributed by atoms with Crippen molar-refractivity contribution in [3.63, 3.8) is 0 Å². The number of likely N-dealkylation sites (tertiary alicyclic amines) is 1. The fourth-order valence-corrected chi connectivity index (χ4v) is 3.02. The van der Waals surface area contributed by atoms with Gasteiger partial charge >= 0.3 is 0 Å². The third kappa shape index (κ3) is 3.64. The van der Waals surface area contributed by atoms with Crippen molar-refractivity contribution >= 4 is 5.91 Å². The standard InChI is InChI=1S/C19H19F2NO3/c1-25-14-5-7-15(18(21)10-14)12-4-6-16(17(20)9-12)19(24)22-8-2-3-13(23)11-22/h4-7,9-10,13,23H,2-3,8,11H2,1H3. The van der Waals surface area contributed by atoms with Crippen molar-refractivity contribution in [1.29, 1.82) is 0 Å². The number of hydrogen-bond donors (Lipinski definition) is 1. The molecule has 1 heterocycles. The van der Waals surface area contributed by atoms with Crippen LogP contribution in [0.15, 0.2) is 36.4 Å². The number of carbonyl (C=O) groups is 1. The molecule has 0 aliphatic carbocycles. The highest BCUT2D eigenvalue weighted by molar-refractivity contribution is 5.95. The third-order valence-electron chi connectivity index (χ3n) is 4.37. The van der Waals surface area contributed by atoms with E-state index in [4.69, 9.17) is 4.74 Å². The number of benzene rings is 2. The minimum Gasteiger partial charge on any atom is -0.497 e. The van der Waals surface area contributed by atoms with E-state index in [9.17, 15) is 18.7 Å². The van der Waals surface area contributed by atoms with Gasteiger partial charge in [0.1, 0.15) is 17.4 Å². The van der Waals surface area contributed by atoms with E-state index in [1.165, 1.54) is 36.3 Å². The van der Waals surface area contributed by atoms with E-state index in [-0.39, 0.29) is 17.7 Å². The van der Waals surface area contributed by atoms with Crippen LogP contribution >= 0.6 is 0 Å². The Morgan fingerprint density at radius 3 is 2.64 bits per heavy atom. The van der Waals surface area contributed by atoms with Gasteiger partial charge in [-0.25, -0.2) is 8.78 Å². The number of aliphatic hydroxyl groups is 1. The highest BCUT2D eigenvalue weighted by Crippen LogP contribution is 2.28. The molecule has 132 valence electrons. The summed E-state index contributed by atoms with van der Waals surface area (Å²) in [7, 11) is 1.44. The molecule has 0 radical (unpaired) electrons. The highest BCUT2D eigenvalue weighted by Gasteiger charge is 2.25. The van der Waals surface area contributed by atoms with E-state index in [1.54, 1.807) is 6.07 Å². The summed E-state index contributed by atoms with van der Waals surface area (Å²) in [4.78, 5) is 13.9. The van der Waals surface area contributed by atoms with E-state index >= 15 is 0 Å². The molecule has 2 aromatic rings. The van der Waals surface area contributed by atoms with Crippen LogP contribution in [0.4, 0.5) is 8.78 Å². The van der Waals surface area contributed by atoms with Gasteiger partial charge in [-0.15, -0.1) is 0 Å². The van der Waals surface area contributed by atoms with E-state index in [2.05, 4.69) is 0 Å². The molecule has 2 aromatic carbocycles. The number of carbonyl (C=O) groups excluding carboxylic acids is 1. The van der Waals surface area contributed by atoms with Crippen molar-refractivity contribution in [2.75, 3.05) is 20.2 Å². The number of piperidine rings is 1. The number of aliphatic hydroxyl groups excluding tert-OH is 1. The fraction of sp³-hybridized carbons (Fsp3) is 0.316. The number of amides is 1. The molecule has 25 heavy (non-hydrogen) atoms. The normalized spacial score (nSPS) is 17.4. The van der Waals surface area contributed by atoms with E-state index < -0.39 is 23.6 Å². The minimum absolute atomic E-state index is 0.0771. The first kappa shape index (κ1) is 17.4. The summed E-state index contributed by atoms with van der Waals surface area (Å²) in [6.07, 6.45) is 0.749. The van der Waals surface area contributed by atoms with Gasteiger partial charge in [-0.2, -0.15) is 0 Å². The largest absolute Gasteiger partial charge is 0.497 e. The van der Waals surface area contributed by atoms with Gasteiger partial charge in [-0.3, -0.25) is 4.79 Å². The molecule has 1 aliphatic rings. The molecule has 0 aromatic heterocycles. The molecule has 1 unspecified atom stereocenters. The van der Waals surface area contributed by atoms with Gasteiger partial charge < -0.3 is 14.7 Å². The maximum Gasteiger partial charge on any atom is 0.256 e. The molecule has 0 spiro atoms. The smallest absolute Gasteiger partial charge is 0.256 e.